The number of fused-ring (bicyclic) bond motifs is 1. The lowest BCUT2D eigenvalue weighted by Crippen LogP contribution is -2.02. The molecule has 0 bridgehead atoms. The molecule has 0 aliphatic heterocycles. The average molecular weight is 336 g/mol. The number of nitrogens with one attached hydrogen (secondary N) is 1. The SMILES string of the molecule is O=C(c1cc(F)ccc1Br)c1c[nH]c2cc(F)ccc12. The number of aromatic nitrogens is 1. The first-order valence-electron chi connectivity index (χ1n) is 5.82. The first-order valence-corrected chi connectivity index (χ1v) is 6.62. The minimum Gasteiger partial charge on any atom is -0.360 e. The summed E-state index contributed by atoms with van der Waals surface area (Å²) in [5, 5.41) is 0.604. The van der Waals surface area contributed by atoms with E-state index in [0.717, 1.165) is 0 Å². The zero-order valence-corrected chi connectivity index (χ0v) is 11.7. The molecule has 0 saturated carbocycles. The standard InChI is InChI=1S/C15H8BrF2NO/c16-13-4-2-8(17)5-11(13)15(20)12-7-19-14-6-9(18)1-3-10(12)14/h1-7,19H. The van der Waals surface area contributed by atoms with Crippen molar-refractivity contribution >= 4 is 32.6 Å². The van der Waals surface area contributed by atoms with Crippen LogP contribution < -0.4 is 0 Å². The highest BCUT2D eigenvalue weighted by atomic mass is 79.9. The van der Waals surface area contributed by atoms with Gasteiger partial charge in [0.2, 0.25) is 0 Å². The number of halogens is 3. The molecule has 2 aromatic carbocycles. The number of carbonyl (C=O) groups excluding carboxylic acids is 1. The summed E-state index contributed by atoms with van der Waals surface area (Å²) in [4.78, 5) is 15.3. The molecule has 0 aliphatic carbocycles. The molecule has 5 heteroatoms. The fourth-order valence-corrected chi connectivity index (χ4v) is 2.53. The molecule has 0 saturated heterocycles. The molecular formula is C15H8BrF2NO. The van der Waals surface area contributed by atoms with Gasteiger partial charge in [0, 0.05) is 32.7 Å². The van der Waals surface area contributed by atoms with Crippen molar-refractivity contribution < 1.29 is 13.6 Å². The van der Waals surface area contributed by atoms with Gasteiger partial charge in [-0.15, -0.1) is 0 Å². The molecule has 1 N–H and O–H groups in total. The highest BCUT2D eigenvalue weighted by Crippen LogP contribution is 2.26. The Morgan fingerprint density at radius 2 is 1.70 bits per heavy atom. The largest absolute Gasteiger partial charge is 0.360 e. The third-order valence-electron chi connectivity index (χ3n) is 3.06. The van der Waals surface area contributed by atoms with E-state index in [4.69, 9.17) is 0 Å². The van der Waals surface area contributed by atoms with Gasteiger partial charge in [0.15, 0.2) is 5.78 Å². The second-order valence-corrected chi connectivity index (χ2v) is 5.20. The van der Waals surface area contributed by atoms with Crippen molar-refractivity contribution in [2.75, 3.05) is 0 Å². The van der Waals surface area contributed by atoms with Crippen LogP contribution in [0.5, 0.6) is 0 Å². The van der Waals surface area contributed by atoms with E-state index < -0.39 is 5.82 Å². The quantitative estimate of drug-likeness (QED) is 0.690. The number of H-pyrrole nitrogens is 1. The molecule has 0 atom stereocenters. The number of hydrogen-bond acceptors (Lipinski definition) is 1. The zero-order chi connectivity index (χ0) is 14.3. The summed E-state index contributed by atoms with van der Waals surface area (Å²) >= 11 is 3.23. The number of hydrogen-bond donors (Lipinski definition) is 1. The van der Waals surface area contributed by atoms with Crippen LogP contribution >= 0.6 is 15.9 Å². The fraction of sp³-hybridized carbons (Fsp3) is 0. The Bertz CT molecular complexity index is 826. The molecule has 0 fully saturated rings. The van der Waals surface area contributed by atoms with Gasteiger partial charge >= 0.3 is 0 Å². The Hall–Kier alpha value is -2.01. The minimum absolute atomic E-state index is 0.232. The van der Waals surface area contributed by atoms with Gasteiger partial charge in [-0.1, -0.05) is 15.9 Å². The predicted molar refractivity (Wildman–Crippen MR) is 75.8 cm³/mol. The smallest absolute Gasteiger partial charge is 0.196 e. The number of rotatable bonds is 2. The summed E-state index contributed by atoms with van der Waals surface area (Å²) in [6.45, 7) is 0. The molecule has 1 aromatic heterocycles. The van der Waals surface area contributed by atoms with Gasteiger partial charge in [-0.3, -0.25) is 4.79 Å². The fourth-order valence-electron chi connectivity index (χ4n) is 2.10. The molecule has 20 heavy (non-hydrogen) atoms. The Balaban J connectivity index is 2.15. The van der Waals surface area contributed by atoms with Gasteiger partial charge in [-0.2, -0.15) is 0 Å². The first-order chi connectivity index (χ1) is 9.56. The van der Waals surface area contributed by atoms with Crippen molar-refractivity contribution in [3.05, 3.63) is 69.8 Å². The van der Waals surface area contributed by atoms with Crippen LogP contribution in [-0.2, 0) is 0 Å². The molecule has 0 amide bonds. The van der Waals surface area contributed by atoms with Crippen molar-refractivity contribution in [3.63, 3.8) is 0 Å². The zero-order valence-electron chi connectivity index (χ0n) is 10.1. The van der Waals surface area contributed by atoms with Crippen LogP contribution in [-0.4, -0.2) is 10.8 Å². The van der Waals surface area contributed by atoms with Crippen LogP contribution in [0, 0.1) is 11.6 Å². The number of ketones is 1. The molecule has 0 spiro atoms. The van der Waals surface area contributed by atoms with Crippen molar-refractivity contribution in [1.82, 2.24) is 4.98 Å². The molecule has 0 radical (unpaired) electrons. The van der Waals surface area contributed by atoms with Crippen LogP contribution in [0.1, 0.15) is 15.9 Å². The van der Waals surface area contributed by atoms with Gasteiger partial charge in [0.05, 0.1) is 0 Å². The lowest BCUT2D eigenvalue weighted by molar-refractivity contribution is 0.103. The van der Waals surface area contributed by atoms with Crippen molar-refractivity contribution in [3.8, 4) is 0 Å². The van der Waals surface area contributed by atoms with E-state index in [0.29, 0.717) is 20.9 Å². The molecular weight excluding hydrogens is 328 g/mol. The van der Waals surface area contributed by atoms with E-state index in [9.17, 15) is 13.6 Å². The summed E-state index contributed by atoms with van der Waals surface area (Å²) in [6, 6.07) is 8.05. The molecule has 3 aromatic rings. The van der Waals surface area contributed by atoms with E-state index >= 15 is 0 Å². The van der Waals surface area contributed by atoms with Crippen LogP contribution in [0.25, 0.3) is 10.9 Å². The van der Waals surface area contributed by atoms with Crippen LogP contribution in [0.2, 0.25) is 0 Å². The van der Waals surface area contributed by atoms with E-state index in [2.05, 4.69) is 20.9 Å². The number of aromatic amines is 1. The average Bonchev–Trinajstić information content (AvgIpc) is 2.83. The normalized spacial score (nSPS) is 10.9. The molecule has 100 valence electrons. The van der Waals surface area contributed by atoms with Crippen LogP contribution in [0.4, 0.5) is 8.78 Å². The van der Waals surface area contributed by atoms with Gasteiger partial charge in [0.1, 0.15) is 11.6 Å². The van der Waals surface area contributed by atoms with Crippen molar-refractivity contribution in [2.24, 2.45) is 0 Å². The van der Waals surface area contributed by atoms with Gasteiger partial charge in [-0.05, 0) is 36.4 Å². The van der Waals surface area contributed by atoms with E-state index in [1.165, 1.54) is 42.6 Å². The lowest BCUT2D eigenvalue weighted by atomic mass is 10.0. The Morgan fingerprint density at radius 3 is 2.50 bits per heavy atom. The minimum atomic E-state index is -0.484. The van der Waals surface area contributed by atoms with Crippen LogP contribution in [0.3, 0.4) is 0 Å². The molecule has 1 heterocycles. The molecule has 0 aliphatic rings. The Kier molecular flexibility index (Phi) is 3.14. The highest BCUT2D eigenvalue weighted by molar-refractivity contribution is 9.10. The second-order valence-electron chi connectivity index (χ2n) is 4.35. The van der Waals surface area contributed by atoms with E-state index in [1.807, 2.05) is 0 Å². The summed E-state index contributed by atoms with van der Waals surface area (Å²) in [5.74, 6) is -1.19. The van der Waals surface area contributed by atoms with Gasteiger partial charge < -0.3 is 4.98 Å². The summed E-state index contributed by atoms with van der Waals surface area (Å²) in [6.07, 6.45) is 1.50. The second kappa shape index (κ2) is 4.83. The predicted octanol–water partition coefficient (Wildman–Crippen LogP) is 4.44. The third-order valence-corrected chi connectivity index (χ3v) is 3.75. The summed E-state index contributed by atoms with van der Waals surface area (Å²) in [5.41, 5.74) is 1.14. The van der Waals surface area contributed by atoms with Crippen LogP contribution in [0.15, 0.2) is 47.1 Å². The summed E-state index contributed by atoms with van der Waals surface area (Å²) in [7, 11) is 0. The maximum atomic E-state index is 13.3. The maximum Gasteiger partial charge on any atom is 0.196 e. The topological polar surface area (TPSA) is 32.9 Å². The number of benzene rings is 2. The van der Waals surface area contributed by atoms with Crippen molar-refractivity contribution in [1.29, 1.82) is 0 Å². The monoisotopic (exact) mass is 335 g/mol. The van der Waals surface area contributed by atoms with Crippen molar-refractivity contribution in [2.45, 2.75) is 0 Å². The maximum absolute atomic E-state index is 13.3. The Morgan fingerprint density at radius 1 is 1.00 bits per heavy atom. The summed E-state index contributed by atoms with van der Waals surface area (Å²) < 4.78 is 26.9. The van der Waals surface area contributed by atoms with E-state index in [-0.39, 0.29) is 17.2 Å². The Labute approximate surface area is 121 Å². The van der Waals surface area contributed by atoms with Gasteiger partial charge in [0.25, 0.3) is 0 Å². The molecule has 3 rings (SSSR count). The molecule has 2 nitrogen and oxygen atoms in total. The first kappa shape index (κ1) is 13.0. The highest BCUT2D eigenvalue weighted by Gasteiger charge is 2.17. The van der Waals surface area contributed by atoms with E-state index in [1.54, 1.807) is 0 Å². The third kappa shape index (κ3) is 2.14. The van der Waals surface area contributed by atoms with Gasteiger partial charge in [-0.25, -0.2) is 8.78 Å². The number of carbonyl (C=O) groups is 1. The molecule has 0 unspecified atom stereocenters. The lowest BCUT2D eigenvalue weighted by Gasteiger charge is -2.03.